The van der Waals surface area contributed by atoms with E-state index in [0.29, 0.717) is 20.7 Å². The van der Waals surface area contributed by atoms with Gasteiger partial charge in [-0.2, -0.15) is 0 Å². The maximum Gasteiger partial charge on any atom is 0.259 e. The molecule has 1 aromatic heterocycles. The van der Waals surface area contributed by atoms with Gasteiger partial charge in [0.05, 0.1) is 16.3 Å². The van der Waals surface area contributed by atoms with Crippen LogP contribution in [0.3, 0.4) is 0 Å². The van der Waals surface area contributed by atoms with E-state index in [1.54, 1.807) is 18.2 Å². The minimum Gasteiger partial charge on any atom is -0.327 e. The molecule has 1 heterocycles. The lowest BCUT2D eigenvalue weighted by molar-refractivity contribution is 0.102. The highest BCUT2D eigenvalue weighted by atomic mass is 35.5. The maximum absolute atomic E-state index is 12.3. The number of aryl methyl sites for hydroxylation is 1. The minimum absolute atomic E-state index is 0. The lowest BCUT2D eigenvalue weighted by Gasteiger charge is -2.15. The molecule has 4 nitrogen and oxygen atoms in total. The van der Waals surface area contributed by atoms with E-state index in [2.05, 4.69) is 10.3 Å². The van der Waals surface area contributed by atoms with Crippen molar-refractivity contribution in [3.8, 4) is 0 Å². The second-order valence-electron chi connectivity index (χ2n) is 4.97. The number of nitrogens with one attached hydrogen (secondary N) is 1. The Morgan fingerprint density at radius 1 is 1.41 bits per heavy atom. The average Bonchev–Trinajstić information content (AvgIpc) is 2.82. The van der Waals surface area contributed by atoms with E-state index in [9.17, 15) is 4.79 Å². The highest BCUT2D eigenvalue weighted by Gasteiger charge is 2.21. The number of amides is 1. The largest absolute Gasteiger partial charge is 0.327 e. The molecular formula is C14H14Cl3N3OS. The smallest absolute Gasteiger partial charge is 0.259 e. The van der Waals surface area contributed by atoms with Crippen molar-refractivity contribution in [2.24, 2.45) is 5.73 Å². The number of benzene rings is 1. The van der Waals surface area contributed by atoms with Crippen LogP contribution in [-0.2, 0) is 12.8 Å². The zero-order valence-electron chi connectivity index (χ0n) is 11.4. The number of aromatic nitrogens is 1. The first kappa shape index (κ1) is 17.5. The number of hydrogen-bond donors (Lipinski definition) is 2. The van der Waals surface area contributed by atoms with E-state index in [4.69, 9.17) is 28.9 Å². The Kier molecular flexibility index (Phi) is 5.69. The predicted octanol–water partition coefficient (Wildman–Crippen LogP) is 3.94. The first-order valence-electron chi connectivity index (χ1n) is 6.53. The molecule has 0 aliphatic heterocycles. The van der Waals surface area contributed by atoms with Crippen LogP contribution in [0.15, 0.2) is 18.2 Å². The van der Waals surface area contributed by atoms with Crippen LogP contribution in [0.4, 0.5) is 5.13 Å². The highest BCUT2D eigenvalue weighted by Crippen LogP contribution is 2.30. The number of rotatable bonds is 2. The predicted molar refractivity (Wildman–Crippen MR) is 93.8 cm³/mol. The van der Waals surface area contributed by atoms with Gasteiger partial charge in [0.15, 0.2) is 5.13 Å². The summed E-state index contributed by atoms with van der Waals surface area (Å²) in [6.45, 7) is 0. The van der Waals surface area contributed by atoms with E-state index >= 15 is 0 Å². The third kappa shape index (κ3) is 3.73. The second-order valence-corrected chi connectivity index (χ2v) is 6.90. The molecule has 0 radical (unpaired) electrons. The van der Waals surface area contributed by atoms with Gasteiger partial charge in [-0.05, 0) is 37.5 Å². The molecule has 3 N–H and O–H groups in total. The van der Waals surface area contributed by atoms with Gasteiger partial charge in [0.2, 0.25) is 0 Å². The Morgan fingerprint density at radius 2 is 2.18 bits per heavy atom. The number of fused-ring (bicyclic) bond motifs is 1. The van der Waals surface area contributed by atoms with Crippen molar-refractivity contribution in [1.82, 2.24) is 4.98 Å². The van der Waals surface area contributed by atoms with Crippen molar-refractivity contribution in [3.63, 3.8) is 0 Å². The van der Waals surface area contributed by atoms with Gasteiger partial charge in [-0.25, -0.2) is 4.98 Å². The van der Waals surface area contributed by atoms with Crippen molar-refractivity contribution >= 4 is 58.0 Å². The number of halogens is 3. The van der Waals surface area contributed by atoms with Crippen LogP contribution in [0.5, 0.6) is 0 Å². The highest BCUT2D eigenvalue weighted by molar-refractivity contribution is 7.15. The number of carbonyl (C=O) groups is 1. The number of nitrogens with zero attached hydrogens (tertiary/aromatic N) is 1. The van der Waals surface area contributed by atoms with Crippen molar-refractivity contribution in [3.05, 3.63) is 44.4 Å². The lowest BCUT2D eigenvalue weighted by atomic mass is 9.99. The van der Waals surface area contributed by atoms with Gasteiger partial charge in [-0.15, -0.1) is 23.7 Å². The third-order valence-electron chi connectivity index (χ3n) is 3.37. The van der Waals surface area contributed by atoms with E-state index in [1.165, 1.54) is 11.3 Å². The molecule has 1 amide bonds. The van der Waals surface area contributed by atoms with Gasteiger partial charge in [0.1, 0.15) is 0 Å². The first-order chi connectivity index (χ1) is 10.0. The summed E-state index contributed by atoms with van der Waals surface area (Å²) < 4.78 is 0. The zero-order chi connectivity index (χ0) is 15.0. The normalized spacial score (nSPS) is 16.6. The molecule has 0 bridgehead atoms. The number of nitrogens with two attached hydrogens (primary N) is 1. The lowest BCUT2D eigenvalue weighted by Crippen LogP contribution is -2.27. The molecule has 0 saturated carbocycles. The Morgan fingerprint density at radius 3 is 2.95 bits per heavy atom. The summed E-state index contributed by atoms with van der Waals surface area (Å²) in [5.74, 6) is -0.308. The SMILES string of the molecule is Cl.N[C@H]1CCc2nc(NC(=O)c3cc(Cl)ccc3Cl)sc2C1. The average molecular weight is 379 g/mol. The van der Waals surface area contributed by atoms with Crippen LogP contribution in [0.25, 0.3) is 0 Å². The van der Waals surface area contributed by atoms with Gasteiger partial charge >= 0.3 is 0 Å². The van der Waals surface area contributed by atoms with Crippen LogP contribution >= 0.6 is 46.9 Å². The van der Waals surface area contributed by atoms with E-state index in [-0.39, 0.29) is 24.4 Å². The molecule has 0 unspecified atom stereocenters. The van der Waals surface area contributed by atoms with Crippen molar-refractivity contribution in [2.75, 3.05) is 5.32 Å². The van der Waals surface area contributed by atoms with Gasteiger partial charge < -0.3 is 5.73 Å². The molecule has 3 rings (SSSR count). The number of carbonyl (C=O) groups excluding carboxylic acids is 1. The molecule has 1 aromatic carbocycles. The summed E-state index contributed by atoms with van der Waals surface area (Å²) in [5, 5.41) is 4.19. The Labute approximate surface area is 148 Å². The minimum atomic E-state index is -0.308. The summed E-state index contributed by atoms with van der Waals surface area (Å²) in [7, 11) is 0. The monoisotopic (exact) mass is 377 g/mol. The molecule has 0 spiro atoms. The van der Waals surface area contributed by atoms with Gasteiger partial charge in [-0.3, -0.25) is 10.1 Å². The molecule has 8 heteroatoms. The summed E-state index contributed by atoms with van der Waals surface area (Å²) in [4.78, 5) is 17.9. The van der Waals surface area contributed by atoms with Crippen LogP contribution in [0, 0.1) is 0 Å². The van der Waals surface area contributed by atoms with Crippen LogP contribution in [0.2, 0.25) is 10.0 Å². The fourth-order valence-corrected chi connectivity index (χ4v) is 3.76. The second kappa shape index (κ2) is 7.15. The van der Waals surface area contributed by atoms with E-state index in [1.807, 2.05) is 0 Å². The van der Waals surface area contributed by atoms with Gasteiger partial charge in [-0.1, -0.05) is 23.2 Å². The summed E-state index contributed by atoms with van der Waals surface area (Å²) >= 11 is 13.4. The Bertz CT molecular complexity index is 705. The van der Waals surface area contributed by atoms with Gasteiger partial charge in [0.25, 0.3) is 5.91 Å². The topological polar surface area (TPSA) is 68.0 Å². The molecule has 2 aromatic rings. The molecule has 0 saturated heterocycles. The summed E-state index contributed by atoms with van der Waals surface area (Å²) in [6.07, 6.45) is 2.62. The molecule has 22 heavy (non-hydrogen) atoms. The zero-order valence-corrected chi connectivity index (χ0v) is 14.6. The first-order valence-corrected chi connectivity index (χ1v) is 8.10. The fraction of sp³-hybridized carbons (Fsp3) is 0.286. The molecule has 1 aliphatic rings. The molecule has 1 aliphatic carbocycles. The molecular weight excluding hydrogens is 365 g/mol. The summed E-state index contributed by atoms with van der Waals surface area (Å²) in [5.41, 5.74) is 7.33. The standard InChI is InChI=1S/C14H13Cl2N3OS.ClH/c15-7-1-3-10(16)9(5-7)13(20)19-14-18-11-4-2-8(17)6-12(11)21-14;/h1,3,5,8H,2,4,6,17H2,(H,18,19,20);1H/t8-;/m0./s1. The molecule has 0 fully saturated rings. The molecule has 1 atom stereocenters. The van der Waals surface area contributed by atoms with E-state index in [0.717, 1.165) is 29.8 Å². The number of hydrogen-bond acceptors (Lipinski definition) is 4. The maximum atomic E-state index is 12.3. The van der Waals surface area contributed by atoms with Crippen LogP contribution in [-0.4, -0.2) is 16.9 Å². The Hall–Kier alpha value is -0.850. The number of anilines is 1. The third-order valence-corrected chi connectivity index (χ3v) is 4.97. The number of thiazole rings is 1. The Balaban J connectivity index is 0.00000176. The fourth-order valence-electron chi connectivity index (χ4n) is 2.29. The summed E-state index contributed by atoms with van der Waals surface area (Å²) in [6, 6.07) is 4.97. The molecule has 118 valence electrons. The van der Waals surface area contributed by atoms with Crippen LogP contribution in [0.1, 0.15) is 27.3 Å². The van der Waals surface area contributed by atoms with Crippen molar-refractivity contribution < 1.29 is 4.79 Å². The van der Waals surface area contributed by atoms with Crippen LogP contribution < -0.4 is 11.1 Å². The van der Waals surface area contributed by atoms with Crippen molar-refractivity contribution in [2.45, 2.75) is 25.3 Å². The quantitative estimate of drug-likeness (QED) is 0.831. The van der Waals surface area contributed by atoms with Gasteiger partial charge in [0, 0.05) is 15.9 Å². The van der Waals surface area contributed by atoms with Crippen molar-refractivity contribution in [1.29, 1.82) is 0 Å². The van der Waals surface area contributed by atoms with E-state index < -0.39 is 0 Å².